The third-order valence-corrected chi connectivity index (χ3v) is 8.29. The molecule has 32 heavy (non-hydrogen) atoms. The van der Waals surface area contributed by atoms with Gasteiger partial charge in [-0.1, -0.05) is 0 Å². The molecule has 1 aromatic carbocycles. The summed E-state index contributed by atoms with van der Waals surface area (Å²) in [4.78, 5) is 34.7. The molecule has 0 atom stereocenters. The van der Waals surface area contributed by atoms with Crippen LogP contribution < -0.4 is 0 Å². The van der Waals surface area contributed by atoms with E-state index in [0.29, 0.717) is 10.6 Å². The highest BCUT2D eigenvalue weighted by Crippen LogP contribution is 2.29. The average Bonchev–Trinajstić information content (AvgIpc) is 3.21. The summed E-state index contributed by atoms with van der Waals surface area (Å²) < 4.78 is 27.1. The summed E-state index contributed by atoms with van der Waals surface area (Å²) in [6.45, 7) is 2.62. The number of amides is 1. The summed E-state index contributed by atoms with van der Waals surface area (Å²) in [7, 11) is -3.77. The number of sulfonamides is 1. The first-order chi connectivity index (χ1) is 15.3. The molecule has 1 amide bonds. The highest BCUT2D eigenvalue weighted by Gasteiger charge is 2.31. The lowest BCUT2D eigenvalue weighted by atomic mass is 10.2. The van der Waals surface area contributed by atoms with Crippen molar-refractivity contribution in [1.29, 1.82) is 0 Å². The summed E-state index contributed by atoms with van der Waals surface area (Å²) in [5.74, 6) is -1.28. The minimum atomic E-state index is -3.77. The zero-order valence-corrected chi connectivity index (χ0v) is 18.8. The molecule has 0 spiro atoms. The number of hydrogen-bond donors (Lipinski definition) is 1. The second kappa shape index (κ2) is 8.77. The van der Waals surface area contributed by atoms with Crippen LogP contribution in [0, 0.1) is 6.92 Å². The number of hydrogen-bond acceptors (Lipinski definition) is 7. The molecular weight excluding hydrogens is 452 g/mol. The number of carbonyl (C=O) groups is 2. The van der Waals surface area contributed by atoms with Crippen molar-refractivity contribution in [2.75, 3.05) is 26.2 Å². The van der Waals surface area contributed by atoms with Gasteiger partial charge < -0.3 is 10.0 Å². The molecule has 3 heterocycles. The SMILES string of the molecule is Cc1nc(-c2ccncc2)sc1C(=O)N1CCN(S(=O)(=O)c2ccc(C(=O)O)cc2)CC1. The first-order valence-corrected chi connectivity index (χ1v) is 12.0. The van der Waals surface area contributed by atoms with Gasteiger partial charge in [0.15, 0.2) is 0 Å². The van der Waals surface area contributed by atoms with Gasteiger partial charge in [0.05, 0.1) is 16.2 Å². The van der Waals surface area contributed by atoms with Crippen LogP contribution >= 0.6 is 11.3 Å². The monoisotopic (exact) mass is 472 g/mol. The van der Waals surface area contributed by atoms with Crippen molar-refractivity contribution >= 4 is 33.2 Å². The maximum atomic E-state index is 13.1. The Kier molecular flexibility index (Phi) is 6.04. The molecule has 0 radical (unpaired) electrons. The van der Waals surface area contributed by atoms with Crippen LogP contribution in [0.15, 0.2) is 53.7 Å². The number of nitrogens with zero attached hydrogens (tertiary/aromatic N) is 4. The molecule has 3 aromatic rings. The lowest BCUT2D eigenvalue weighted by Crippen LogP contribution is -2.50. The lowest BCUT2D eigenvalue weighted by molar-refractivity contribution is 0.0691. The van der Waals surface area contributed by atoms with Crippen molar-refractivity contribution in [1.82, 2.24) is 19.2 Å². The van der Waals surface area contributed by atoms with Crippen LogP contribution in [0.1, 0.15) is 25.7 Å². The number of carboxylic acids is 1. The summed E-state index contributed by atoms with van der Waals surface area (Å²) in [5, 5.41) is 9.72. The van der Waals surface area contributed by atoms with Gasteiger partial charge in [-0.15, -0.1) is 11.3 Å². The Labute approximate surface area is 189 Å². The fraction of sp³-hybridized carbons (Fsp3) is 0.238. The molecule has 166 valence electrons. The Morgan fingerprint density at radius 1 is 1.00 bits per heavy atom. The number of aryl methyl sites for hydroxylation is 1. The minimum Gasteiger partial charge on any atom is -0.478 e. The predicted octanol–water partition coefficient (Wildman–Crippen LogP) is 2.36. The van der Waals surface area contributed by atoms with Crippen LogP contribution in [0.2, 0.25) is 0 Å². The molecule has 1 aliphatic rings. The van der Waals surface area contributed by atoms with Gasteiger partial charge in [-0.3, -0.25) is 9.78 Å². The third-order valence-electron chi connectivity index (χ3n) is 5.18. The number of aromatic nitrogens is 2. The molecular formula is C21H20N4O5S2. The van der Waals surface area contributed by atoms with Gasteiger partial charge in [0.25, 0.3) is 5.91 Å². The Hall–Kier alpha value is -3.15. The van der Waals surface area contributed by atoms with Crippen molar-refractivity contribution in [3.63, 3.8) is 0 Å². The second-order valence-electron chi connectivity index (χ2n) is 7.20. The molecule has 4 rings (SSSR count). The number of aromatic carboxylic acids is 1. The van der Waals surface area contributed by atoms with E-state index in [0.717, 1.165) is 10.6 Å². The number of rotatable bonds is 5. The molecule has 1 N–H and O–H groups in total. The minimum absolute atomic E-state index is 0.0189. The van der Waals surface area contributed by atoms with E-state index in [2.05, 4.69) is 9.97 Å². The van der Waals surface area contributed by atoms with Crippen molar-refractivity contribution in [3.8, 4) is 10.6 Å². The van der Waals surface area contributed by atoms with Gasteiger partial charge in [0, 0.05) is 44.1 Å². The number of piperazine rings is 1. The van der Waals surface area contributed by atoms with Crippen LogP contribution in [0.5, 0.6) is 0 Å². The molecule has 0 bridgehead atoms. The Morgan fingerprint density at radius 3 is 2.22 bits per heavy atom. The number of benzene rings is 1. The molecule has 1 fully saturated rings. The van der Waals surface area contributed by atoms with E-state index in [4.69, 9.17) is 5.11 Å². The van der Waals surface area contributed by atoms with Gasteiger partial charge in [0.1, 0.15) is 9.88 Å². The van der Waals surface area contributed by atoms with E-state index >= 15 is 0 Å². The normalized spacial score (nSPS) is 15.0. The van der Waals surface area contributed by atoms with Crippen LogP contribution in [0.25, 0.3) is 10.6 Å². The maximum Gasteiger partial charge on any atom is 0.335 e. The first kappa shape index (κ1) is 22.1. The standard InChI is InChI=1S/C21H20N4O5S2/c1-14-18(31-19(23-14)15-6-8-22-9-7-15)20(26)24-10-12-25(13-11-24)32(29,30)17-4-2-16(3-5-17)21(27)28/h2-9H,10-13H2,1H3,(H,27,28). The van der Waals surface area contributed by atoms with Crippen molar-refractivity contribution in [2.24, 2.45) is 0 Å². The van der Waals surface area contributed by atoms with Crippen LogP contribution in [-0.2, 0) is 10.0 Å². The van der Waals surface area contributed by atoms with Gasteiger partial charge in [-0.2, -0.15) is 4.31 Å². The predicted molar refractivity (Wildman–Crippen MR) is 118 cm³/mol. The zero-order valence-electron chi connectivity index (χ0n) is 17.1. The van der Waals surface area contributed by atoms with E-state index in [1.807, 2.05) is 12.1 Å². The number of thiazole rings is 1. The topological polar surface area (TPSA) is 121 Å². The van der Waals surface area contributed by atoms with Crippen molar-refractivity contribution in [2.45, 2.75) is 11.8 Å². The number of pyridine rings is 1. The zero-order chi connectivity index (χ0) is 22.9. The van der Waals surface area contributed by atoms with Gasteiger partial charge in [-0.25, -0.2) is 18.2 Å². The average molecular weight is 473 g/mol. The van der Waals surface area contributed by atoms with Crippen LogP contribution in [0.4, 0.5) is 0 Å². The molecule has 1 saturated heterocycles. The summed E-state index contributed by atoms with van der Waals surface area (Å²) in [6.07, 6.45) is 3.34. The van der Waals surface area contributed by atoms with Gasteiger partial charge in [0.2, 0.25) is 10.0 Å². The highest BCUT2D eigenvalue weighted by atomic mass is 32.2. The Bertz CT molecular complexity index is 1250. The molecule has 2 aromatic heterocycles. The van der Waals surface area contributed by atoms with Crippen LogP contribution in [-0.4, -0.2) is 70.8 Å². The molecule has 11 heteroatoms. The van der Waals surface area contributed by atoms with Gasteiger partial charge in [-0.05, 0) is 43.3 Å². The second-order valence-corrected chi connectivity index (χ2v) is 10.1. The van der Waals surface area contributed by atoms with E-state index in [9.17, 15) is 18.0 Å². The van der Waals surface area contributed by atoms with E-state index in [1.54, 1.807) is 24.2 Å². The molecule has 1 aliphatic heterocycles. The smallest absolute Gasteiger partial charge is 0.335 e. The molecule has 9 nitrogen and oxygen atoms in total. The quantitative estimate of drug-likeness (QED) is 0.605. The van der Waals surface area contributed by atoms with E-state index in [-0.39, 0.29) is 42.5 Å². The number of carbonyl (C=O) groups excluding carboxylic acids is 1. The maximum absolute atomic E-state index is 13.1. The fourth-order valence-corrected chi connectivity index (χ4v) is 5.87. The molecule has 0 aliphatic carbocycles. The summed E-state index contributed by atoms with van der Waals surface area (Å²) in [5.41, 5.74) is 1.54. The lowest BCUT2D eigenvalue weighted by Gasteiger charge is -2.33. The van der Waals surface area contributed by atoms with E-state index in [1.165, 1.54) is 39.9 Å². The summed E-state index contributed by atoms with van der Waals surface area (Å²) >= 11 is 1.31. The number of carboxylic acid groups (broad SMARTS) is 1. The third kappa shape index (κ3) is 4.27. The fourth-order valence-electron chi connectivity index (χ4n) is 3.41. The first-order valence-electron chi connectivity index (χ1n) is 9.78. The largest absolute Gasteiger partial charge is 0.478 e. The molecule has 0 saturated carbocycles. The Morgan fingerprint density at radius 2 is 1.62 bits per heavy atom. The molecule has 0 unspecified atom stereocenters. The van der Waals surface area contributed by atoms with Crippen molar-refractivity contribution in [3.05, 3.63) is 64.9 Å². The highest BCUT2D eigenvalue weighted by molar-refractivity contribution is 7.89. The van der Waals surface area contributed by atoms with E-state index < -0.39 is 16.0 Å². The summed E-state index contributed by atoms with van der Waals surface area (Å²) in [6, 6.07) is 8.78. The van der Waals surface area contributed by atoms with Crippen LogP contribution in [0.3, 0.4) is 0 Å². The van der Waals surface area contributed by atoms with Crippen molar-refractivity contribution < 1.29 is 23.1 Å². The van der Waals surface area contributed by atoms with Gasteiger partial charge >= 0.3 is 5.97 Å². The Balaban J connectivity index is 1.45.